The van der Waals surface area contributed by atoms with Crippen LogP contribution in [0.1, 0.15) is 41.5 Å². The van der Waals surface area contributed by atoms with Gasteiger partial charge in [-0.3, -0.25) is 28.8 Å². The Balaban J connectivity index is 1.39. The van der Waals surface area contributed by atoms with Gasteiger partial charge >= 0.3 is 35.8 Å². The summed E-state index contributed by atoms with van der Waals surface area (Å²) in [5.74, 6) is -13.6. The number of hydrogen-bond donors (Lipinski definition) is 20. The van der Waals surface area contributed by atoms with E-state index in [2.05, 4.69) is 31.9 Å². The molecule has 109 heavy (non-hydrogen) atoms. The van der Waals surface area contributed by atoms with Crippen molar-refractivity contribution in [2.24, 2.45) is 0 Å². The SMILES string of the molecule is CC(=O)N[C@H]1[C@H](O[C@H]2[C@H](O)[C@@H](NC(C)=O)[C@H](O[C@H]3[C@H](O)[C@@H](NC(C)=O)C(O)O[C@@H]3COC(=O)CO)O[C@@H]2COC(=O)CO)O[C@H](COC(=O)CO)[C@@H](O[C@@H]2O[C@H](COC(=O)CO)[C@@H](O[C@@H]3O[C@H](COC(=O)CO)[C@@H](O[C@@H]4O[C@H](COC(=O)CO)[C@@H](O)[C@H](O)[C@H]4NC(C)=O)[C@H](O)[C@H]3NC(C)=O)[C@H](O)[C@H]2NC(C)=O)[C@@H]1O. The fraction of sp³-hybridized carbons (Fsp3) is 0.800. The second kappa shape index (κ2) is 42.3. The van der Waals surface area contributed by atoms with Gasteiger partial charge in [-0.15, -0.1) is 0 Å². The average molecular weight is 1590 g/mol. The van der Waals surface area contributed by atoms with E-state index in [1.165, 1.54) is 0 Å². The van der Waals surface area contributed by atoms with Gasteiger partial charge in [0.15, 0.2) is 37.7 Å². The molecule has 30 atom stereocenters. The van der Waals surface area contributed by atoms with E-state index in [1.54, 1.807) is 0 Å². The highest BCUT2D eigenvalue weighted by Crippen LogP contribution is 2.38. The Hall–Kier alpha value is -7.36. The molecule has 6 rings (SSSR count). The molecule has 0 saturated carbocycles. The van der Waals surface area contributed by atoms with E-state index in [4.69, 9.17) is 80.5 Å². The van der Waals surface area contributed by atoms with Crippen LogP contribution in [0.15, 0.2) is 0 Å². The molecule has 0 aromatic rings. The Labute approximate surface area is 616 Å². The number of esters is 6. The number of aliphatic hydroxyl groups excluding tert-OH is 14. The number of hydrogen-bond acceptors (Lipinski definition) is 43. The largest absolute Gasteiger partial charge is 0.461 e. The van der Waals surface area contributed by atoms with Gasteiger partial charge in [-0.25, -0.2) is 28.8 Å². The number of ether oxygens (including phenoxy) is 17. The third-order valence-electron chi connectivity index (χ3n) is 17.0. The summed E-state index contributed by atoms with van der Waals surface area (Å²) in [5.41, 5.74) is 0. The second-order valence-electron chi connectivity index (χ2n) is 25.1. The topological polar surface area (TPSA) is 717 Å². The van der Waals surface area contributed by atoms with E-state index in [-0.39, 0.29) is 0 Å². The minimum Gasteiger partial charge on any atom is -0.461 e. The Morgan fingerprint density at radius 1 is 0.248 bits per heavy atom. The Kier molecular flexibility index (Phi) is 35.2. The standard InChI is InChI=1S/C60H92N6O43/c1-19(73)61-37-45(87)50(26(99-55(37)92)14-94-32(80)8-68)105-57-39(63-21(3)75)47(89)52(28(101-57)16-96-34(82)10-70)107-59-41(65-23(5)77)49(91)54(30(103-59)18-98-36(84)12-72)109-60-42(66-24(6)78)48(90)53(29(104-60)17-97-35(83)11-71)108-58-40(64-22(4)76)46(88)51(27(102-58)15-95-33(81)9-69)106-56-38(62-20(2)74)44(86)43(85)25(100-56)13-93-31(79)7-67/h25-30,37-60,67-72,85-92H,7-18H2,1-6H3,(H,61,73)(H,62,74)(H,63,75)(H,64,76)(H,65,77)(H,66,78)/t25-,26-,27-,28-,29-,30-,37-,38-,39-,40-,41-,42-,43-,44-,45-,46-,47-,48-,49-,50-,51-,52-,53-,54-,55?,56+,57+,58+,59+,60+/m1/s1. The summed E-state index contributed by atoms with van der Waals surface area (Å²) < 4.78 is 97.9. The summed E-state index contributed by atoms with van der Waals surface area (Å²) in [6.07, 6.45) is -50.2. The molecule has 1 unspecified atom stereocenters. The second-order valence-corrected chi connectivity index (χ2v) is 25.1. The van der Waals surface area contributed by atoms with Gasteiger partial charge < -0.3 is 184 Å². The molecule has 0 aromatic carbocycles. The third-order valence-corrected chi connectivity index (χ3v) is 17.0. The smallest absolute Gasteiger partial charge is 0.331 e. The lowest BCUT2D eigenvalue weighted by Gasteiger charge is -2.52. The maximum absolute atomic E-state index is 13.3. The number of amides is 6. The van der Waals surface area contributed by atoms with Gasteiger partial charge in [0.25, 0.3) is 0 Å². The van der Waals surface area contributed by atoms with Crippen molar-refractivity contribution in [2.45, 2.75) is 225 Å². The molecule has 6 aliphatic rings. The lowest BCUT2D eigenvalue weighted by Crippen LogP contribution is -2.72. The van der Waals surface area contributed by atoms with Crippen LogP contribution in [0.2, 0.25) is 0 Å². The van der Waals surface area contributed by atoms with E-state index in [0.717, 1.165) is 41.5 Å². The van der Waals surface area contributed by atoms with Crippen molar-refractivity contribution in [3.05, 3.63) is 0 Å². The summed E-state index contributed by atoms with van der Waals surface area (Å²) in [6.45, 7) is -8.06. The zero-order valence-corrected chi connectivity index (χ0v) is 58.9. The molecule has 0 radical (unpaired) electrons. The number of carbonyl (C=O) groups excluding carboxylic acids is 12. The first-order valence-corrected chi connectivity index (χ1v) is 33.4. The number of rotatable bonds is 34. The predicted octanol–water partition coefficient (Wildman–Crippen LogP) is -16.0. The molecule has 0 spiro atoms. The first kappa shape index (κ1) is 90.5. The molecule has 0 aromatic heterocycles. The fourth-order valence-corrected chi connectivity index (χ4v) is 12.2. The van der Waals surface area contributed by atoms with Gasteiger partial charge in [-0.1, -0.05) is 0 Å². The van der Waals surface area contributed by atoms with E-state index in [9.17, 15) is 129 Å². The zero-order valence-electron chi connectivity index (χ0n) is 58.9. The molecular formula is C60H92N6O43. The van der Waals surface area contributed by atoms with Crippen molar-refractivity contribution in [3.63, 3.8) is 0 Å². The molecule has 6 fully saturated rings. The first-order chi connectivity index (χ1) is 51.5. The van der Waals surface area contributed by atoms with E-state index in [0.29, 0.717) is 0 Å². The van der Waals surface area contributed by atoms with Crippen LogP contribution in [0.5, 0.6) is 0 Å². The zero-order chi connectivity index (χ0) is 81.0. The van der Waals surface area contributed by atoms with Crippen LogP contribution < -0.4 is 31.9 Å². The number of carbonyl (C=O) groups is 12. The summed E-state index contributed by atoms with van der Waals surface area (Å²) in [7, 11) is 0. The predicted molar refractivity (Wildman–Crippen MR) is 334 cm³/mol. The van der Waals surface area contributed by atoms with Crippen LogP contribution in [-0.4, -0.2) is 406 Å². The van der Waals surface area contributed by atoms with Crippen molar-refractivity contribution < 1.29 is 210 Å². The Bertz CT molecular complexity index is 3090. The molecule has 620 valence electrons. The molecule has 6 aliphatic heterocycles. The molecule has 6 heterocycles. The number of aliphatic hydroxyl groups is 14. The summed E-state index contributed by atoms with van der Waals surface area (Å²) in [5, 5.41) is 166. The lowest BCUT2D eigenvalue weighted by molar-refractivity contribution is -0.370. The highest BCUT2D eigenvalue weighted by atomic mass is 16.8. The highest BCUT2D eigenvalue weighted by molar-refractivity contribution is 5.76. The van der Waals surface area contributed by atoms with Crippen molar-refractivity contribution in [3.8, 4) is 0 Å². The van der Waals surface area contributed by atoms with Crippen LogP contribution in [-0.2, 0) is 138 Å². The van der Waals surface area contributed by atoms with Crippen LogP contribution in [0.4, 0.5) is 0 Å². The van der Waals surface area contributed by atoms with Crippen molar-refractivity contribution in [1.82, 2.24) is 31.9 Å². The molecule has 20 N–H and O–H groups in total. The molecular weight excluding hydrogens is 1490 g/mol. The molecule has 0 aliphatic carbocycles. The van der Waals surface area contributed by atoms with Crippen molar-refractivity contribution in [1.29, 1.82) is 0 Å². The van der Waals surface area contributed by atoms with Gasteiger partial charge in [0.05, 0.1) is 0 Å². The van der Waals surface area contributed by atoms with Gasteiger partial charge in [-0.05, 0) is 0 Å². The van der Waals surface area contributed by atoms with Crippen molar-refractivity contribution >= 4 is 71.3 Å². The molecule has 0 bridgehead atoms. The summed E-state index contributed by atoms with van der Waals surface area (Å²) in [6, 6.07) is -11.6. The minimum absolute atomic E-state index is 0.829. The minimum atomic E-state index is -2.37. The van der Waals surface area contributed by atoms with Crippen LogP contribution in [0, 0.1) is 0 Å². The maximum Gasteiger partial charge on any atom is 0.331 e. The Morgan fingerprint density at radius 3 is 0.633 bits per heavy atom. The van der Waals surface area contributed by atoms with Gasteiger partial charge in [0, 0.05) is 41.5 Å². The normalized spacial score (nSPS) is 36.6. The summed E-state index contributed by atoms with van der Waals surface area (Å²) >= 11 is 0. The number of nitrogens with one attached hydrogen (secondary N) is 6. The van der Waals surface area contributed by atoms with E-state index < -0.39 is 334 Å². The maximum atomic E-state index is 13.3. The molecule has 6 amide bonds. The molecule has 6 saturated heterocycles. The molecule has 49 nitrogen and oxygen atoms in total. The van der Waals surface area contributed by atoms with Crippen molar-refractivity contribution in [2.75, 3.05) is 79.3 Å². The average Bonchev–Trinajstić information content (AvgIpc) is 0.765. The third kappa shape index (κ3) is 24.8. The van der Waals surface area contributed by atoms with Crippen LogP contribution in [0.3, 0.4) is 0 Å². The van der Waals surface area contributed by atoms with E-state index >= 15 is 0 Å². The van der Waals surface area contributed by atoms with Crippen LogP contribution >= 0.6 is 0 Å². The van der Waals surface area contributed by atoms with Crippen LogP contribution in [0.25, 0.3) is 0 Å². The quantitative estimate of drug-likeness (QED) is 0.0210. The fourth-order valence-electron chi connectivity index (χ4n) is 12.2. The monoisotopic (exact) mass is 1580 g/mol. The lowest BCUT2D eigenvalue weighted by atomic mass is 9.92. The summed E-state index contributed by atoms with van der Waals surface area (Å²) in [4.78, 5) is 152. The first-order valence-electron chi connectivity index (χ1n) is 33.4. The van der Waals surface area contributed by atoms with E-state index in [1.807, 2.05) is 0 Å². The van der Waals surface area contributed by atoms with Gasteiger partial charge in [0.1, 0.15) is 225 Å². The van der Waals surface area contributed by atoms with Gasteiger partial charge in [0.2, 0.25) is 35.4 Å². The highest BCUT2D eigenvalue weighted by Gasteiger charge is 2.60. The van der Waals surface area contributed by atoms with Gasteiger partial charge in [-0.2, -0.15) is 0 Å². The molecule has 49 heteroatoms. The Morgan fingerprint density at radius 2 is 0.422 bits per heavy atom.